The predicted octanol–water partition coefficient (Wildman–Crippen LogP) is 8.55. The monoisotopic (exact) mass is 1020 g/mol. The van der Waals surface area contributed by atoms with Crippen LogP contribution in [0.2, 0.25) is 0 Å². The van der Waals surface area contributed by atoms with Gasteiger partial charge in [0, 0.05) is 6.42 Å². The number of aliphatic hydroxyl groups is 8. The van der Waals surface area contributed by atoms with E-state index in [1.807, 2.05) is 6.08 Å². The average molecular weight is 1020 g/mol. The summed E-state index contributed by atoms with van der Waals surface area (Å²) in [5.41, 5.74) is 0. The van der Waals surface area contributed by atoms with E-state index >= 15 is 0 Å². The van der Waals surface area contributed by atoms with E-state index in [0.717, 1.165) is 77.0 Å². The first-order chi connectivity index (χ1) is 35.1. The number of hydrogen-bond donors (Lipinski definition) is 9. The number of rotatable bonds is 42. The van der Waals surface area contributed by atoms with Crippen molar-refractivity contribution in [1.82, 2.24) is 5.32 Å². The highest BCUT2D eigenvalue weighted by Gasteiger charge is 2.51. The van der Waals surface area contributed by atoms with E-state index in [-0.39, 0.29) is 18.9 Å². The molecule has 2 rings (SSSR count). The molecule has 2 heterocycles. The number of unbranched alkanes of at least 4 members (excludes halogenated alkanes) is 17. The van der Waals surface area contributed by atoms with Gasteiger partial charge in [0.1, 0.15) is 48.8 Å². The highest BCUT2D eigenvalue weighted by Crippen LogP contribution is 2.30. The Hall–Kier alpha value is -2.83. The Morgan fingerprint density at radius 3 is 1.53 bits per heavy atom. The fraction of sp³-hybridized carbons (Fsp3) is 0.741. The van der Waals surface area contributed by atoms with Gasteiger partial charge in [-0.1, -0.05) is 176 Å². The third-order valence-electron chi connectivity index (χ3n) is 13.0. The molecule has 12 unspecified atom stereocenters. The van der Waals surface area contributed by atoms with Crippen LogP contribution in [0.1, 0.15) is 181 Å². The molecule has 0 aromatic rings. The van der Waals surface area contributed by atoms with E-state index in [0.29, 0.717) is 12.8 Å². The third kappa shape index (κ3) is 29.3. The normalized spacial score (nSPS) is 26.2. The van der Waals surface area contributed by atoms with Gasteiger partial charge < -0.3 is 65.1 Å². The molecule has 0 saturated carbocycles. The van der Waals surface area contributed by atoms with Gasteiger partial charge in [-0.3, -0.25) is 4.79 Å². The number of amides is 1. The second kappa shape index (κ2) is 43.4. The number of carbonyl (C=O) groups is 1. The molecule has 72 heavy (non-hydrogen) atoms. The van der Waals surface area contributed by atoms with Crippen LogP contribution in [0, 0.1) is 0 Å². The van der Waals surface area contributed by atoms with E-state index in [4.69, 9.17) is 18.9 Å². The Labute approximate surface area is 433 Å². The number of carbonyl (C=O) groups excluding carboxylic acids is 1. The maximum atomic E-state index is 13.2. The van der Waals surface area contributed by atoms with E-state index in [9.17, 15) is 45.6 Å². The Kier molecular flexibility index (Phi) is 39.4. The van der Waals surface area contributed by atoms with Crippen LogP contribution in [-0.2, 0) is 23.7 Å². The first-order valence-electron chi connectivity index (χ1n) is 27.8. The van der Waals surface area contributed by atoms with Crippen LogP contribution in [0.25, 0.3) is 0 Å². The molecule has 0 aromatic heterocycles. The van der Waals surface area contributed by atoms with Crippen molar-refractivity contribution < 1.29 is 64.6 Å². The molecular weight excluding hydrogens is 919 g/mol. The first-order valence-corrected chi connectivity index (χ1v) is 27.8. The minimum Gasteiger partial charge on any atom is -0.394 e. The number of hydrogen-bond acceptors (Lipinski definition) is 13. The fourth-order valence-electron chi connectivity index (χ4n) is 8.55. The van der Waals surface area contributed by atoms with Crippen LogP contribution in [0.3, 0.4) is 0 Å². The van der Waals surface area contributed by atoms with E-state index in [2.05, 4.69) is 92.1 Å². The zero-order chi connectivity index (χ0) is 52.4. The molecule has 1 amide bonds. The molecule has 9 N–H and O–H groups in total. The molecule has 14 nitrogen and oxygen atoms in total. The van der Waals surface area contributed by atoms with E-state index in [1.165, 1.54) is 70.6 Å². The van der Waals surface area contributed by atoms with Crippen molar-refractivity contribution in [3.05, 3.63) is 85.1 Å². The van der Waals surface area contributed by atoms with Gasteiger partial charge >= 0.3 is 0 Å². The Morgan fingerprint density at radius 1 is 0.514 bits per heavy atom. The van der Waals surface area contributed by atoms with Crippen LogP contribution >= 0.6 is 0 Å². The van der Waals surface area contributed by atoms with Gasteiger partial charge in [-0.05, 0) is 83.5 Å². The molecule has 0 radical (unpaired) electrons. The third-order valence-corrected chi connectivity index (χ3v) is 13.0. The summed E-state index contributed by atoms with van der Waals surface area (Å²) in [6, 6.07) is -0.942. The summed E-state index contributed by atoms with van der Waals surface area (Å²) in [7, 11) is 0. The Balaban J connectivity index is 1.76. The van der Waals surface area contributed by atoms with Gasteiger partial charge in [0.2, 0.25) is 5.91 Å². The van der Waals surface area contributed by atoms with E-state index in [1.54, 1.807) is 6.08 Å². The second-order valence-electron chi connectivity index (χ2n) is 19.3. The number of aliphatic hydroxyl groups excluding tert-OH is 8. The van der Waals surface area contributed by atoms with Crippen LogP contribution in [0.4, 0.5) is 0 Å². The van der Waals surface area contributed by atoms with Crippen LogP contribution in [0.15, 0.2) is 85.1 Å². The first kappa shape index (κ1) is 65.3. The zero-order valence-electron chi connectivity index (χ0n) is 44.1. The SMILES string of the molecule is CC/C=C\C/C=C\C/C=C\C/C=C\CCCCCCCCCCCCCCC(=O)NC(COC1OC(CO)C(OC2OC(CO)C(O)C(O)C2O)C(O)C1O)C(O)/C=C/CC/C=C/CC/C=C/CCCCC. The molecule has 2 aliphatic heterocycles. The van der Waals surface area contributed by atoms with Crippen LogP contribution in [-0.4, -0.2) is 140 Å². The molecular formula is C58H99NO13. The molecule has 0 spiro atoms. The minimum atomic E-state index is -1.79. The van der Waals surface area contributed by atoms with Gasteiger partial charge in [-0.2, -0.15) is 0 Å². The zero-order valence-corrected chi connectivity index (χ0v) is 44.1. The number of allylic oxidation sites excluding steroid dienone is 13. The maximum absolute atomic E-state index is 13.2. The molecule has 14 heteroatoms. The molecule has 414 valence electrons. The lowest BCUT2D eigenvalue weighted by molar-refractivity contribution is -0.359. The van der Waals surface area contributed by atoms with Gasteiger partial charge in [-0.25, -0.2) is 0 Å². The van der Waals surface area contributed by atoms with Crippen molar-refractivity contribution in [3.63, 3.8) is 0 Å². The lowest BCUT2D eigenvalue weighted by Crippen LogP contribution is -2.65. The largest absolute Gasteiger partial charge is 0.394 e. The lowest BCUT2D eigenvalue weighted by atomic mass is 9.97. The van der Waals surface area contributed by atoms with Gasteiger partial charge in [0.25, 0.3) is 0 Å². The molecule has 2 saturated heterocycles. The van der Waals surface area contributed by atoms with Gasteiger partial charge in [0.15, 0.2) is 12.6 Å². The maximum Gasteiger partial charge on any atom is 0.220 e. The van der Waals surface area contributed by atoms with Crippen molar-refractivity contribution in [2.75, 3.05) is 19.8 Å². The second-order valence-corrected chi connectivity index (χ2v) is 19.3. The molecule has 12 atom stereocenters. The molecule has 0 aliphatic carbocycles. The Bertz CT molecular complexity index is 1530. The summed E-state index contributed by atoms with van der Waals surface area (Å²) in [6.07, 6.45) is 40.5. The predicted molar refractivity (Wildman–Crippen MR) is 286 cm³/mol. The van der Waals surface area contributed by atoms with Crippen molar-refractivity contribution >= 4 is 5.91 Å². The molecule has 2 aliphatic rings. The van der Waals surface area contributed by atoms with Crippen LogP contribution in [0.5, 0.6) is 0 Å². The van der Waals surface area contributed by atoms with Crippen molar-refractivity contribution in [2.45, 2.75) is 254 Å². The Morgan fingerprint density at radius 2 is 0.972 bits per heavy atom. The topological polar surface area (TPSA) is 228 Å². The highest BCUT2D eigenvalue weighted by atomic mass is 16.7. The summed E-state index contributed by atoms with van der Waals surface area (Å²) < 4.78 is 22.7. The van der Waals surface area contributed by atoms with Gasteiger partial charge in [-0.15, -0.1) is 0 Å². The average Bonchev–Trinajstić information content (AvgIpc) is 3.38. The molecule has 0 bridgehead atoms. The number of ether oxygens (including phenoxy) is 4. The quantitative estimate of drug-likeness (QED) is 0.0207. The lowest BCUT2D eigenvalue weighted by Gasteiger charge is -2.46. The van der Waals surface area contributed by atoms with Crippen molar-refractivity contribution in [2.24, 2.45) is 0 Å². The van der Waals surface area contributed by atoms with Gasteiger partial charge in [0.05, 0.1) is 32.0 Å². The summed E-state index contributed by atoms with van der Waals surface area (Å²) in [5, 5.41) is 86.8. The summed E-state index contributed by atoms with van der Waals surface area (Å²) in [6.45, 7) is 2.60. The molecule has 0 aromatic carbocycles. The van der Waals surface area contributed by atoms with E-state index < -0.39 is 86.8 Å². The summed E-state index contributed by atoms with van der Waals surface area (Å²) >= 11 is 0. The smallest absolute Gasteiger partial charge is 0.220 e. The standard InChI is InChI=1S/C58H99NO13/c1-3-5-7-9-11-13-15-17-18-19-20-21-22-23-24-25-26-27-28-30-32-34-36-38-40-42-50(63)59-46(47(62)41-39-37-35-33-31-29-16-14-12-10-8-6-4-2)45-69-57-55(68)53(66)56(49(44-61)71-57)72-58-54(67)52(65)51(64)48(43-60)70-58/h5,7,11-14,17-18,20-21,31,33,39,41,46-49,51-58,60-62,64-68H,3-4,6,8-10,15-16,19,22-30,32,34-38,40,42-45H2,1-2H3,(H,59,63)/b7-5-,13-11-,14-12+,18-17-,21-20-,33-31+,41-39+. The summed E-state index contributed by atoms with van der Waals surface area (Å²) in [4.78, 5) is 13.2. The summed E-state index contributed by atoms with van der Waals surface area (Å²) in [5.74, 6) is -0.261. The van der Waals surface area contributed by atoms with Crippen molar-refractivity contribution in [3.8, 4) is 0 Å². The minimum absolute atomic E-state index is 0.261. The van der Waals surface area contributed by atoms with Crippen molar-refractivity contribution in [1.29, 1.82) is 0 Å². The fourth-order valence-corrected chi connectivity index (χ4v) is 8.55. The number of nitrogens with one attached hydrogen (secondary N) is 1. The highest BCUT2D eigenvalue weighted by molar-refractivity contribution is 5.76. The molecule has 2 fully saturated rings. The van der Waals surface area contributed by atoms with Crippen LogP contribution < -0.4 is 5.32 Å².